The van der Waals surface area contributed by atoms with Gasteiger partial charge in [0, 0.05) is 19.5 Å². The number of amides is 1. The van der Waals surface area contributed by atoms with Crippen LogP contribution in [0.15, 0.2) is 0 Å². The Hall–Kier alpha value is -0.570. The van der Waals surface area contributed by atoms with Crippen molar-refractivity contribution in [3.63, 3.8) is 0 Å². The fourth-order valence-electron chi connectivity index (χ4n) is 1.14. The molecule has 0 spiro atoms. The molecule has 1 aliphatic rings. The zero-order valence-electron chi connectivity index (χ0n) is 6.72. The third-order valence-electron chi connectivity index (χ3n) is 2.54. The van der Waals surface area contributed by atoms with Crippen LogP contribution in [-0.2, 0) is 4.79 Å². The molecule has 1 unspecified atom stereocenters. The summed E-state index contributed by atoms with van der Waals surface area (Å²) in [5.41, 5.74) is 5.58. The van der Waals surface area contributed by atoms with E-state index in [1.165, 1.54) is 0 Å². The topological polar surface area (TPSA) is 46.3 Å². The average molecular weight is 142 g/mol. The van der Waals surface area contributed by atoms with E-state index < -0.39 is 0 Å². The van der Waals surface area contributed by atoms with Crippen molar-refractivity contribution in [1.82, 2.24) is 4.90 Å². The van der Waals surface area contributed by atoms with Crippen molar-refractivity contribution >= 4 is 5.91 Å². The molecule has 1 aliphatic heterocycles. The van der Waals surface area contributed by atoms with Crippen molar-refractivity contribution in [1.29, 1.82) is 0 Å². The molecule has 0 aromatic rings. The first-order valence-electron chi connectivity index (χ1n) is 3.48. The molecule has 1 saturated heterocycles. The van der Waals surface area contributed by atoms with Gasteiger partial charge in [-0.3, -0.25) is 4.79 Å². The molecule has 0 bridgehead atoms. The maximum Gasteiger partial charge on any atom is 0.224 e. The van der Waals surface area contributed by atoms with E-state index in [0.717, 1.165) is 0 Å². The van der Waals surface area contributed by atoms with E-state index in [0.29, 0.717) is 6.42 Å². The van der Waals surface area contributed by atoms with Gasteiger partial charge in [0.15, 0.2) is 0 Å². The molecule has 0 radical (unpaired) electrons. The molecular weight excluding hydrogens is 128 g/mol. The van der Waals surface area contributed by atoms with Crippen LogP contribution in [0.2, 0.25) is 0 Å². The fourth-order valence-corrected chi connectivity index (χ4v) is 1.14. The molecule has 1 fully saturated rings. The number of hydrogen-bond acceptors (Lipinski definition) is 2. The summed E-state index contributed by atoms with van der Waals surface area (Å²) >= 11 is 0. The zero-order chi connectivity index (χ0) is 7.94. The molecule has 1 atom stereocenters. The van der Waals surface area contributed by atoms with Gasteiger partial charge in [-0.05, 0) is 13.8 Å². The van der Waals surface area contributed by atoms with Crippen LogP contribution in [0.1, 0.15) is 20.3 Å². The second-order valence-electron chi connectivity index (χ2n) is 3.42. The number of likely N-dealkylation sites (N-methyl/N-ethyl adjacent to an activating group) is 1. The van der Waals surface area contributed by atoms with Crippen LogP contribution < -0.4 is 5.73 Å². The lowest BCUT2D eigenvalue weighted by molar-refractivity contribution is -0.128. The van der Waals surface area contributed by atoms with Crippen LogP contribution >= 0.6 is 0 Å². The van der Waals surface area contributed by atoms with Crippen LogP contribution in [0.25, 0.3) is 0 Å². The highest BCUT2D eigenvalue weighted by atomic mass is 16.2. The second kappa shape index (κ2) is 1.95. The Bertz CT molecular complexity index is 165. The summed E-state index contributed by atoms with van der Waals surface area (Å²) < 4.78 is 0. The molecule has 1 rings (SSSR count). The van der Waals surface area contributed by atoms with E-state index in [1.54, 1.807) is 11.9 Å². The Morgan fingerprint density at radius 3 is 2.30 bits per heavy atom. The number of carbonyl (C=O) groups excluding carboxylic acids is 1. The molecule has 58 valence electrons. The molecule has 0 aliphatic carbocycles. The highest BCUT2D eigenvalue weighted by Crippen LogP contribution is 2.26. The van der Waals surface area contributed by atoms with Crippen LogP contribution in [0.5, 0.6) is 0 Å². The summed E-state index contributed by atoms with van der Waals surface area (Å²) in [6.45, 7) is 3.98. The molecule has 1 heterocycles. The van der Waals surface area contributed by atoms with E-state index in [-0.39, 0.29) is 17.5 Å². The van der Waals surface area contributed by atoms with Gasteiger partial charge in [0.1, 0.15) is 0 Å². The zero-order valence-corrected chi connectivity index (χ0v) is 6.72. The first-order valence-corrected chi connectivity index (χ1v) is 3.48. The molecule has 0 aromatic carbocycles. The number of rotatable bonds is 0. The Kier molecular flexibility index (Phi) is 1.47. The smallest absolute Gasteiger partial charge is 0.224 e. The minimum atomic E-state index is -0.156. The number of nitrogens with two attached hydrogens (primary N) is 1. The highest BCUT2D eigenvalue weighted by Gasteiger charge is 2.41. The van der Waals surface area contributed by atoms with E-state index >= 15 is 0 Å². The maximum atomic E-state index is 11.0. The van der Waals surface area contributed by atoms with Crippen LogP contribution in [0, 0.1) is 0 Å². The van der Waals surface area contributed by atoms with Gasteiger partial charge in [-0.25, -0.2) is 0 Å². The van der Waals surface area contributed by atoms with E-state index in [4.69, 9.17) is 5.73 Å². The van der Waals surface area contributed by atoms with Gasteiger partial charge in [-0.15, -0.1) is 0 Å². The van der Waals surface area contributed by atoms with Crippen LogP contribution in [0.3, 0.4) is 0 Å². The number of hydrogen-bond donors (Lipinski definition) is 1. The van der Waals surface area contributed by atoms with Gasteiger partial charge in [0.2, 0.25) is 5.91 Å². The minimum Gasteiger partial charge on any atom is -0.339 e. The van der Waals surface area contributed by atoms with Gasteiger partial charge >= 0.3 is 0 Å². The first kappa shape index (κ1) is 7.54. The lowest BCUT2D eigenvalue weighted by Gasteiger charge is -2.30. The Morgan fingerprint density at radius 1 is 1.70 bits per heavy atom. The summed E-state index contributed by atoms with van der Waals surface area (Å²) in [5, 5.41) is 0. The van der Waals surface area contributed by atoms with E-state index in [1.807, 2.05) is 13.8 Å². The van der Waals surface area contributed by atoms with Crippen molar-refractivity contribution in [3.8, 4) is 0 Å². The number of nitrogens with zero attached hydrogens (tertiary/aromatic N) is 1. The van der Waals surface area contributed by atoms with Crippen LogP contribution in [0.4, 0.5) is 0 Å². The maximum absolute atomic E-state index is 11.0. The second-order valence-corrected chi connectivity index (χ2v) is 3.42. The minimum absolute atomic E-state index is 0.00926. The third-order valence-corrected chi connectivity index (χ3v) is 2.54. The van der Waals surface area contributed by atoms with E-state index in [2.05, 4.69) is 0 Å². The summed E-state index contributed by atoms with van der Waals surface area (Å²) in [4.78, 5) is 12.8. The van der Waals surface area contributed by atoms with Crippen molar-refractivity contribution in [3.05, 3.63) is 0 Å². The monoisotopic (exact) mass is 142 g/mol. The van der Waals surface area contributed by atoms with Crippen molar-refractivity contribution in [2.75, 3.05) is 7.05 Å². The third kappa shape index (κ3) is 0.814. The average Bonchev–Trinajstić information content (AvgIpc) is 1.97. The van der Waals surface area contributed by atoms with E-state index in [9.17, 15) is 4.79 Å². The van der Waals surface area contributed by atoms with Gasteiger partial charge in [0.05, 0.1) is 5.54 Å². The fraction of sp³-hybridized carbons (Fsp3) is 0.857. The summed E-state index contributed by atoms with van der Waals surface area (Å²) in [5.74, 6) is 0.150. The highest BCUT2D eigenvalue weighted by molar-refractivity contribution is 5.80. The molecular formula is C7H14N2O. The molecule has 3 nitrogen and oxygen atoms in total. The van der Waals surface area contributed by atoms with Gasteiger partial charge in [-0.1, -0.05) is 0 Å². The normalized spacial score (nSPS) is 31.4. The molecule has 0 aromatic heterocycles. The lowest BCUT2D eigenvalue weighted by Crippen LogP contribution is -2.47. The SMILES string of the molecule is CN1C(=O)CC(N)C1(C)C. The van der Waals surface area contributed by atoms with Gasteiger partial charge in [-0.2, -0.15) is 0 Å². The number of likely N-dealkylation sites (tertiary alicyclic amines) is 1. The summed E-state index contributed by atoms with van der Waals surface area (Å²) in [6, 6.07) is -0.00926. The summed E-state index contributed by atoms with van der Waals surface area (Å²) in [7, 11) is 1.80. The summed E-state index contributed by atoms with van der Waals surface area (Å²) in [6.07, 6.45) is 0.490. The molecule has 0 saturated carbocycles. The van der Waals surface area contributed by atoms with Gasteiger partial charge < -0.3 is 10.6 Å². The molecule has 1 amide bonds. The largest absolute Gasteiger partial charge is 0.339 e. The van der Waals surface area contributed by atoms with Crippen molar-refractivity contribution in [2.45, 2.75) is 31.8 Å². The molecule has 2 N–H and O–H groups in total. The number of carbonyl (C=O) groups is 1. The first-order chi connectivity index (χ1) is 4.46. The van der Waals surface area contributed by atoms with Crippen molar-refractivity contribution in [2.24, 2.45) is 5.73 Å². The molecule has 10 heavy (non-hydrogen) atoms. The Labute approximate surface area is 61.2 Å². The lowest BCUT2D eigenvalue weighted by atomic mass is 9.97. The quantitative estimate of drug-likeness (QED) is 0.515. The van der Waals surface area contributed by atoms with Crippen LogP contribution in [-0.4, -0.2) is 29.4 Å². The standard InChI is InChI=1S/C7H14N2O/c1-7(2)5(8)4-6(10)9(7)3/h5H,4,8H2,1-3H3. The molecule has 3 heteroatoms. The Morgan fingerprint density at radius 2 is 2.20 bits per heavy atom. The predicted molar refractivity (Wildman–Crippen MR) is 39.4 cm³/mol. The van der Waals surface area contributed by atoms with Gasteiger partial charge in [0.25, 0.3) is 0 Å². The Balaban J connectivity index is 2.85. The van der Waals surface area contributed by atoms with Crippen molar-refractivity contribution < 1.29 is 4.79 Å². The predicted octanol–water partition coefficient (Wildman–Crippen LogP) is -0.0456.